The standard InChI is InChI=1S/C21H19ClFN3O2/c1-12-14(7-10-17(24-4)18(12)22)11-16(21(2,3)27)20-26-25-19(28-20)13-5-8-15(23)9-6-13/h5-10,16,27H,11H2,1-3H3/t16-/m0/s1. The summed E-state index contributed by atoms with van der Waals surface area (Å²) in [4.78, 5) is 3.40. The van der Waals surface area contributed by atoms with Gasteiger partial charge in [-0.25, -0.2) is 9.24 Å². The molecule has 1 aromatic heterocycles. The Morgan fingerprint density at radius 2 is 1.89 bits per heavy atom. The monoisotopic (exact) mass is 399 g/mol. The Morgan fingerprint density at radius 1 is 1.21 bits per heavy atom. The van der Waals surface area contributed by atoms with Gasteiger partial charge in [0.1, 0.15) is 5.82 Å². The predicted molar refractivity (Wildman–Crippen MR) is 105 cm³/mol. The maximum Gasteiger partial charge on any atom is 0.247 e. The van der Waals surface area contributed by atoms with Crippen LogP contribution in [0.15, 0.2) is 40.8 Å². The number of rotatable bonds is 5. The van der Waals surface area contributed by atoms with Crippen LogP contribution in [0.3, 0.4) is 0 Å². The van der Waals surface area contributed by atoms with Crippen molar-refractivity contribution < 1.29 is 13.9 Å². The molecule has 0 aliphatic rings. The summed E-state index contributed by atoms with van der Waals surface area (Å²) in [5.41, 5.74) is 1.49. The molecule has 1 heterocycles. The summed E-state index contributed by atoms with van der Waals surface area (Å²) >= 11 is 6.28. The van der Waals surface area contributed by atoms with Crippen LogP contribution in [0.2, 0.25) is 5.02 Å². The molecule has 144 valence electrons. The first-order chi connectivity index (χ1) is 13.2. The molecule has 28 heavy (non-hydrogen) atoms. The van der Waals surface area contributed by atoms with E-state index in [2.05, 4.69) is 15.0 Å². The van der Waals surface area contributed by atoms with Gasteiger partial charge in [0, 0.05) is 5.56 Å². The van der Waals surface area contributed by atoms with Crippen LogP contribution in [0.5, 0.6) is 0 Å². The van der Waals surface area contributed by atoms with E-state index in [0.717, 1.165) is 11.1 Å². The first-order valence-electron chi connectivity index (χ1n) is 8.68. The highest BCUT2D eigenvalue weighted by atomic mass is 35.5. The van der Waals surface area contributed by atoms with Gasteiger partial charge in [0.25, 0.3) is 0 Å². The van der Waals surface area contributed by atoms with Crippen molar-refractivity contribution in [3.63, 3.8) is 0 Å². The van der Waals surface area contributed by atoms with E-state index >= 15 is 0 Å². The summed E-state index contributed by atoms with van der Waals surface area (Å²) in [5, 5.41) is 19.3. The minimum Gasteiger partial charge on any atom is -0.420 e. The summed E-state index contributed by atoms with van der Waals surface area (Å²) in [6.07, 6.45) is 0.401. The van der Waals surface area contributed by atoms with Gasteiger partial charge >= 0.3 is 0 Å². The molecule has 7 heteroatoms. The molecule has 1 atom stereocenters. The number of aromatic nitrogens is 2. The number of hydrogen-bond acceptors (Lipinski definition) is 4. The molecule has 0 saturated carbocycles. The molecule has 1 N–H and O–H groups in total. The first kappa shape index (κ1) is 20.0. The van der Waals surface area contributed by atoms with Crippen molar-refractivity contribution in [1.29, 1.82) is 0 Å². The first-order valence-corrected chi connectivity index (χ1v) is 9.05. The third-order valence-corrected chi connectivity index (χ3v) is 5.18. The topological polar surface area (TPSA) is 63.5 Å². The van der Waals surface area contributed by atoms with E-state index in [1.807, 2.05) is 13.0 Å². The number of hydrogen-bond donors (Lipinski definition) is 1. The van der Waals surface area contributed by atoms with Crippen LogP contribution in [0, 0.1) is 19.3 Å². The molecule has 0 fully saturated rings. The van der Waals surface area contributed by atoms with E-state index in [9.17, 15) is 9.50 Å². The number of aliphatic hydroxyl groups is 1. The van der Waals surface area contributed by atoms with Crippen LogP contribution in [-0.4, -0.2) is 20.9 Å². The van der Waals surface area contributed by atoms with Crippen molar-refractivity contribution >= 4 is 17.3 Å². The lowest BCUT2D eigenvalue weighted by molar-refractivity contribution is 0.0403. The smallest absolute Gasteiger partial charge is 0.247 e. The van der Waals surface area contributed by atoms with E-state index in [0.29, 0.717) is 22.7 Å². The van der Waals surface area contributed by atoms with Crippen LogP contribution in [0.1, 0.15) is 36.8 Å². The maximum absolute atomic E-state index is 13.1. The zero-order valence-electron chi connectivity index (χ0n) is 15.7. The van der Waals surface area contributed by atoms with Crippen molar-refractivity contribution in [2.75, 3.05) is 0 Å². The van der Waals surface area contributed by atoms with Crippen molar-refractivity contribution in [2.24, 2.45) is 0 Å². The van der Waals surface area contributed by atoms with Crippen LogP contribution in [0.4, 0.5) is 10.1 Å². The fourth-order valence-corrected chi connectivity index (χ4v) is 3.19. The third-order valence-electron chi connectivity index (χ3n) is 4.71. The lowest BCUT2D eigenvalue weighted by Crippen LogP contribution is -2.31. The second-order valence-corrected chi connectivity index (χ2v) is 7.54. The number of nitrogens with zero attached hydrogens (tertiary/aromatic N) is 3. The third kappa shape index (κ3) is 4.06. The minimum atomic E-state index is -1.15. The van der Waals surface area contributed by atoms with Crippen molar-refractivity contribution in [2.45, 2.75) is 38.7 Å². The van der Waals surface area contributed by atoms with Crippen LogP contribution < -0.4 is 0 Å². The highest BCUT2D eigenvalue weighted by molar-refractivity contribution is 6.34. The van der Waals surface area contributed by atoms with Gasteiger partial charge in [0.05, 0.1) is 23.1 Å². The fraction of sp³-hybridized carbons (Fsp3) is 0.286. The van der Waals surface area contributed by atoms with Gasteiger partial charge in [-0.2, -0.15) is 0 Å². The lowest BCUT2D eigenvalue weighted by Gasteiger charge is -2.27. The molecular weight excluding hydrogens is 381 g/mol. The number of benzene rings is 2. The maximum atomic E-state index is 13.1. The Hall–Kier alpha value is -2.75. The zero-order chi connectivity index (χ0) is 20.5. The van der Waals surface area contributed by atoms with Gasteiger partial charge in [-0.05, 0) is 62.6 Å². The molecule has 0 amide bonds. The predicted octanol–water partition coefficient (Wildman–Crippen LogP) is 5.49. The highest BCUT2D eigenvalue weighted by Crippen LogP contribution is 2.36. The van der Waals surface area contributed by atoms with Gasteiger partial charge in [0.2, 0.25) is 17.5 Å². The summed E-state index contributed by atoms with van der Waals surface area (Å²) in [7, 11) is 0. The summed E-state index contributed by atoms with van der Waals surface area (Å²) in [5.74, 6) is -0.324. The molecule has 0 radical (unpaired) electrons. The molecule has 5 nitrogen and oxygen atoms in total. The summed E-state index contributed by atoms with van der Waals surface area (Å²) in [6, 6.07) is 9.23. The molecule has 2 aromatic carbocycles. The van der Waals surface area contributed by atoms with Crippen LogP contribution in [-0.2, 0) is 6.42 Å². The average molecular weight is 400 g/mol. The molecule has 3 aromatic rings. The molecule has 0 aliphatic carbocycles. The molecule has 3 rings (SSSR count). The zero-order valence-corrected chi connectivity index (χ0v) is 16.5. The Balaban J connectivity index is 1.96. The normalized spacial score (nSPS) is 12.6. The Kier molecular flexibility index (Phi) is 5.50. The Labute approximate surface area is 167 Å². The fourth-order valence-electron chi connectivity index (χ4n) is 2.96. The van der Waals surface area contributed by atoms with Crippen molar-refractivity contribution in [3.05, 3.63) is 75.7 Å². The second-order valence-electron chi connectivity index (χ2n) is 7.16. The molecule has 0 saturated heterocycles. The van der Waals surface area contributed by atoms with Gasteiger partial charge in [-0.15, -0.1) is 10.2 Å². The molecule has 0 bridgehead atoms. The summed E-state index contributed by atoms with van der Waals surface area (Å²) in [6.45, 7) is 12.3. The summed E-state index contributed by atoms with van der Waals surface area (Å²) < 4.78 is 18.9. The van der Waals surface area contributed by atoms with Crippen molar-refractivity contribution in [1.82, 2.24) is 10.2 Å². The van der Waals surface area contributed by atoms with Gasteiger partial charge < -0.3 is 9.52 Å². The molecule has 0 unspecified atom stereocenters. The van der Waals surface area contributed by atoms with E-state index in [1.165, 1.54) is 12.1 Å². The van der Waals surface area contributed by atoms with E-state index < -0.39 is 11.5 Å². The van der Waals surface area contributed by atoms with Crippen molar-refractivity contribution in [3.8, 4) is 11.5 Å². The highest BCUT2D eigenvalue weighted by Gasteiger charge is 2.34. The van der Waals surface area contributed by atoms with Crippen LogP contribution in [0.25, 0.3) is 16.3 Å². The van der Waals surface area contributed by atoms with E-state index in [-0.39, 0.29) is 17.6 Å². The van der Waals surface area contributed by atoms with E-state index in [4.69, 9.17) is 22.6 Å². The average Bonchev–Trinajstić information content (AvgIpc) is 3.12. The largest absolute Gasteiger partial charge is 0.420 e. The second kappa shape index (κ2) is 7.70. The lowest BCUT2D eigenvalue weighted by atomic mass is 9.84. The minimum absolute atomic E-state index is 0.252. The Morgan fingerprint density at radius 3 is 2.50 bits per heavy atom. The molecule has 0 aliphatic heterocycles. The molecular formula is C21H19ClFN3O2. The van der Waals surface area contributed by atoms with Gasteiger partial charge in [-0.3, -0.25) is 0 Å². The Bertz CT molecular complexity index is 1030. The van der Waals surface area contributed by atoms with E-state index in [1.54, 1.807) is 32.0 Å². The quantitative estimate of drug-likeness (QED) is 0.576. The SMILES string of the molecule is [C-]#[N+]c1ccc(C[C@@H](c2nnc(-c3ccc(F)cc3)o2)C(C)(C)O)c(C)c1Cl. The van der Waals surface area contributed by atoms with Gasteiger partial charge in [0.15, 0.2) is 0 Å². The number of halogens is 2. The van der Waals surface area contributed by atoms with Crippen LogP contribution >= 0.6 is 11.6 Å². The van der Waals surface area contributed by atoms with Gasteiger partial charge in [-0.1, -0.05) is 23.7 Å². The molecule has 0 spiro atoms.